The van der Waals surface area contributed by atoms with Gasteiger partial charge >= 0.3 is 0 Å². The molecule has 0 spiro atoms. The number of benzene rings is 4. The first-order valence-corrected chi connectivity index (χ1v) is 11.5. The van der Waals surface area contributed by atoms with Gasteiger partial charge in [0.1, 0.15) is 0 Å². The van der Waals surface area contributed by atoms with Gasteiger partial charge in [-0.2, -0.15) is 0 Å². The van der Waals surface area contributed by atoms with E-state index in [1.165, 1.54) is 32.3 Å². The quantitative estimate of drug-likeness (QED) is 0.181. The Morgan fingerprint density at radius 2 is 1.48 bits per heavy atom. The van der Waals surface area contributed by atoms with Crippen molar-refractivity contribution in [1.29, 1.82) is 0 Å². The van der Waals surface area contributed by atoms with Crippen LogP contribution in [0, 0.1) is 10.1 Å². The highest BCUT2D eigenvalue weighted by atomic mass is 32.2. The van der Waals surface area contributed by atoms with Crippen LogP contribution in [0.5, 0.6) is 0 Å². The van der Waals surface area contributed by atoms with E-state index in [2.05, 4.69) is 30.3 Å². The normalized spacial score (nSPS) is 14.0. The lowest BCUT2D eigenvalue weighted by atomic mass is 10.1. The molecule has 2 heterocycles. The SMILES string of the molecule is Nc1ccc2c(c1)sc1ccccc12.O=[N+]([O-])c1ccc2c(c1)S(=O)c1ccccc1-2. The van der Waals surface area contributed by atoms with Crippen LogP contribution in [0.1, 0.15) is 0 Å². The summed E-state index contributed by atoms with van der Waals surface area (Å²) in [5.41, 5.74) is 8.29. The third kappa shape index (κ3) is 3.37. The Bertz CT molecular complexity index is 1510. The molecule has 1 aromatic heterocycles. The number of hydrogen-bond acceptors (Lipinski definition) is 5. The average molecular weight is 445 g/mol. The summed E-state index contributed by atoms with van der Waals surface area (Å²) in [6.07, 6.45) is 0. The second kappa shape index (κ2) is 7.61. The van der Waals surface area contributed by atoms with Crippen LogP contribution in [0.2, 0.25) is 0 Å². The van der Waals surface area contributed by atoms with Crippen molar-refractivity contribution < 1.29 is 9.13 Å². The molecule has 1 unspecified atom stereocenters. The summed E-state index contributed by atoms with van der Waals surface area (Å²) in [4.78, 5) is 11.5. The van der Waals surface area contributed by atoms with E-state index < -0.39 is 15.7 Å². The van der Waals surface area contributed by atoms with Gasteiger partial charge in [-0.3, -0.25) is 10.1 Å². The number of rotatable bonds is 1. The van der Waals surface area contributed by atoms with Gasteiger partial charge in [-0.25, -0.2) is 4.21 Å². The van der Waals surface area contributed by atoms with Gasteiger partial charge in [-0.15, -0.1) is 11.3 Å². The summed E-state index contributed by atoms with van der Waals surface area (Å²) in [6.45, 7) is 0. The van der Waals surface area contributed by atoms with Crippen LogP contribution in [-0.2, 0) is 10.8 Å². The number of hydrogen-bond donors (Lipinski definition) is 1. The van der Waals surface area contributed by atoms with Gasteiger partial charge in [-0.05, 0) is 41.5 Å². The highest BCUT2D eigenvalue weighted by Crippen LogP contribution is 2.41. The molecule has 0 aliphatic carbocycles. The first-order chi connectivity index (χ1) is 15.0. The Labute approximate surface area is 184 Å². The third-order valence-corrected chi connectivity index (χ3v) is 7.78. The lowest BCUT2D eigenvalue weighted by Crippen LogP contribution is -1.90. The molecule has 7 heteroatoms. The molecule has 5 aromatic rings. The second-order valence-corrected chi connectivity index (χ2v) is 9.56. The van der Waals surface area contributed by atoms with E-state index in [0.29, 0.717) is 4.90 Å². The lowest BCUT2D eigenvalue weighted by Gasteiger charge is -1.97. The van der Waals surface area contributed by atoms with Gasteiger partial charge in [0.15, 0.2) is 0 Å². The molecule has 0 bridgehead atoms. The van der Waals surface area contributed by atoms with Gasteiger partial charge in [0, 0.05) is 38.0 Å². The van der Waals surface area contributed by atoms with Gasteiger partial charge in [0.2, 0.25) is 0 Å². The van der Waals surface area contributed by atoms with Crippen molar-refractivity contribution in [2.75, 3.05) is 5.73 Å². The topological polar surface area (TPSA) is 86.2 Å². The molecule has 2 N–H and O–H groups in total. The maximum Gasteiger partial charge on any atom is 0.270 e. The minimum absolute atomic E-state index is 0.0232. The summed E-state index contributed by atoms with van der Waals surface area (Å²) in [5.74, 6) is 0. The molecule has 31 heavy (non-hydrogen) atoms. The van der Waals surface area contributed by atoms with Gasteiger partial charge < -0.3 is 5.73 Å². The minimum atomic E-state index is -1.30. The molecule has 0 amide bonds. The van der Waals surface area contributed by atoms with Crippen molar-refractivity contribution in [3.8, 4) is 11.1 Å². The number of nitrogen functional groups attached to an aromatic ring is 1. The van der Waals surface area contributed by atoms with Crippen LogP contribution >= 0.6 is 11.3 Å². The van der Waals surface area contributed by atoms with Crippen LogP contribution in [0.15, 0.2) is 94.7 Å². The van der Waals surface area contributed by atoms with E-state index in [0.717, 1.165) is 21.7 Å². The summed E-state index contributed by atoms with van der Waals surface area (Å²) in [5, 5.41) is 13.3. The maximum absolute atomic E-state index is 12.2. The van der Waals surface area contributed by atoms with Gasteiger partial charge in [0.25, 0.3) is 5.69 Å². The fourth-order valence-corrected chi connectivity index (χ4v) is 6.29. The number of anilines is 1. The Kier molecular flexibility index (Phi) is 4.77. The highest BCUT2D eigenvalue weighted by Gasteiger charge is 2.26. The minimum Gasteiger partial charge on any atom is -0.399 e. The third-order valence-electron chi connectivity index (χ3n) is 5.16. The molecule has 152 valence electrons. The zero-order valence-corrected chi connectivity index (χ0v) is 17.8. The van der Waals surface area contributed by atoms with Crippen LogP contribution in [0.25, 0.3) is 31.3 Å². The summed E-state index contributed by atoms with van der Waals surface area (Å²) in [7, 11) is -1.30. The van der Waals surface area contributed by atoms with E-state index in [-0.39, 0.29) is 5.69 Å². The molecule has 6 rings (SSSR count). The molecular weight excluding hydrogens is 428 g/mol. The zero-order chi connectivity index (χ0) is 21.5. The maximum atomic E-state index is 12.2. The predicted octanol–water partition coefficient (Wildman–Crippen LogP) is 6.38. The largest absolute Gasteiger partial charge is 0.399 e. The molecule has 4 aromatic carbocycles. The Balaban J connectivity index is 0.000000134. The van der Waals surface area contributed by atoms with Crippen molar-refractivity contribution in [3.05, 3.63) is 95.0 Å². The van der Waals surface area contributed by atoms with E-state index in [1.807, 2.05) is 30.3 Å². The van der Waals surface area contributed by atoms with Crippen molar-refractivity contribution in [2.24, 2.45) is 0 Å². The van der Waals surface area contributed by atoms with Gasteiger partial charge in [0.05, 0.1) is 25.5 Å². The van der Waals surface area contributed by atoms with Crippen LogP contribution in [0.4, 0.5) is 11.4 Å². The second-order valence-electron chi connectivity index (χ2n) is 7.06. The fraction of sp³-hybridized carbons (Fsp3) is 0. The van der Waals surface area contributed by atoms with Crippen molar-refractivity contribution >= 4 is 53.7 Å². The Hall–Kier alpha value is -3.55. The highest BCUT2D eigenvalue weighted by molar-refractivity contribution is 7.85. The monoisotopic (exact) mass is 444 g/mol. The standard InChI is InChI=1S/C12H7NO3S.C12H9NS/c14-13(15)8-5-6-10-9-3-1-2-4-11(9)17(16)12(10)7-8;13-8-5-6-10-9-3-1-2-4-11(9)14-12(10)7-8/h1-7H;1-7H,13H2. The lowest BCUT2D eigenvalue weighted by molar-refractivity contribution is -0.385. The van der Waals surface area contributed by atoms with Crippen molar-refractivity contribution in [2.45, 2.75) is 9.79 Å². The first-order valence-electron chi connectivity index (χ1n) is 9.49. The number of nitrogens with two attached hydrogens (primary N) is 1. The number of nitro benzene ring substituents is 1. The molecule has 1 aliphatic heterocycles. The van der Waals surface area contributed by atoms with E-state index >= 15 is 0 Å². The molecule has 1 atom stereocenters. The van der Waals surface area contributed by atoms with Crippen LogP contribution in [-0.4, -0.2) is 9.13 Å². The predicted molar refractivity (Wildman–Crippen MR) is 127 cm³/mol. The fourth-order valence-electron chi connectivity index (χ4n) is 3.71. The molecule has 0 saturated carbocycles. The summed E-state index contributed by atoms with van der Waals surface area (Å²) in [6, 6.07) is 26.4. The smallest absolute Gasteiger partial charge is 0.270 e. The van der Waals surface area contributed by atoms with Crippen LogP contribution in [0.3, 0.4) is 0 Å². The Morgan fingerprint density at radius 1 is 0.774 bits per heavy atom. The number of thiophene rings is 1. The van der Waals surface area contributed by atoms with Gasteiger partial charge in [-0.1, -0.05) is 42.5 Å². The van der Waals surface area contributed by atoms with E-state index in [9.17, 15) is 14.3 Å². The first kappa shape index (κ1) is 19.4. The molecule has 0 fully saturated rings. The summed E-state index contributed by atoms with van der Waals surface area (Å²) >= 11 is 1.80. The molecule has 0 saturated heterocycles. The molecule has 1 aliphatic rings. The number of nitrogens with zero attached hydrogens (tertiary/aromatic N) is 1. The van der Waals surface area contributed by atoms with Crippen molar-refractivity contribution in [3.63, 3.8) is 0 Å². The summed E-state index contributed by atoms with van der Waals surface area (Å²) < 4.78 is 14.7. The molecule has 5 nitrogen and oxygen atoms in total. The Morgan fingerprint density at radius 3 is 2.32 bits per heavy atom. The molecular formula is C24H16N2O3S2. The number of fused-ring (bicyclic) bond motifs is 6. The van der Waals surface area contributed by atoms with E-state index in [4.69, 9.17) is 5.73 Å². The number of nitro groups is 1. The average Bonchev–Trinajstić information content (AvgIpc) is 3.29. The van der Waals surface area contributed by atoms with Crippen LogP contribution < -0.4 is 5.73 Å². The van der Waals surface area contributed by atoms with Crippen molar-refractivity contribution in [1.82, 2.24) is 0 Å². The zero-order valence-electron chi connectivity index (χ0n) is 16.1. The van der Waals surface area contributed by atoms with E-state index in [1.54, 1.807) is 23.5 Å². The number of non-ortho nitro benzene ring substituents is 1. The molecule has 0 radical (unpaired) electrons.